The summed E-state index contributed by atoms with van der Waals surface area (Å²) in [5.74, 6) is -0.296. The van der Waals surface area contributed by atoms with E-state index in [0.717, 1.165) is 4.74 Å². The number of nitrogens with one attached hydrogen (secondary N) is 1. The fourth-order valence-corrected chi connectivity index (χ4v) is 2.46. The van der Waals surface area contributed by atoms with Crippen molar-refractivity contribution in [1.82, 2.24) is 0 Å². The van der Waals surface area contributed by atoms with E-state index in [1.165, 1.54) is 7.11 Å². The summed E-state index contributed by atoms with van der Waals surface area (Å²) in [4.78, 5) is 29.7. The first kappa shape index (κ1) is 24.1. The van der Waals surface area contributed by atoms with E-state index in [4.69, 9.17) is 14.3 Å². The van der Waals surface area contributed by atoms with Gasteiger partial charge in [-0.2, -0.15) is 0 Å². The van der Waals surface area contributed by atoms with Crippen LogP contribution in [0.25, 0.3) is 0 Å². The molecule has 0 saturated carbocycles. The van der Waals surface area contributed by atoms with Crippen molar-refractivity contribution in [1.29, 1.82) is 0 Å². The Morgan fingerprint density at radius 3 is 2.23 bits per heavy atom. The summed E-state index contributed by atoms with van der Waals surface area (Å²) >= 11 is 0. The van der Waals surface area contributed by atoms with Crippen molar-refractivity contribution in [3.63, 3.8) is 0 Å². The summed E-state index contributed by atoms with van der Waals surface area (Å²) in [7, 11) is 1.43. The number of anilines is 1. The number of hydrogen-bond acceptors (Lipinski definition) is 7. The maximum atomic E-state index is 12.5. The minimum atomic E-state index is -0.739. The smallest absolute Gasteiger partial charge is 0.325 e. The largest absolute Gasteiger partial charge is 0.430 e. The number of allylic oxidation sites excluding steroid dienone is 4. The van der Waals surface area contributed by atoms with Gasteiger partial charge in [0.25, 0.3) is 0 Å². The van der Waals surface area contributed by atoms with Gasteiger partial charge in [0.2, 0.25) is 11.5 Å². The number of carbonyl (C=O) groups excluding carboxylic acids is 2. The third-order valence-corrected chi connectivity index (χ3v) is 4.27. The van der Waals surface area contributed by atoms with Crippen LogP contribution in [0.1, 0.15) is 48.0 Å². The van der Waals surface area contributed by atoms with Gasteiger partial charge in [-0.15, -0.1) is 0 Å². The third-order valence-electron chi connectivity index (χ3n) is 4.27. The van der Waals surface area contributed by atoms with Crippen LogP contribution in [0.15, 0.2) is 42.2 Å². The Balaban J connectivity index is 2.45. The lowest BCUT2D eigenvalue weighted by Gasteiger charge is -2.19. The fourth-order valence-electron chi connectivity index (χ4n) is 2.46. The van der Waals surface area contributed by atoms with Crippen molar-refractivity contribution in [3.05, 3.63) is 42.2 Å². The average Bonchev–Trinajstić information content (AvgIpc) is 2.66. The second-order valence-electron chi connectivity index (χ2n) is 9.21. The molecule has 0 aromatic heterocycles. The molecule has 0 unspecified atom stereocenters. The average molecular weight is 432 g/mol. The van der Waals surface area contributed by atoms with E-state index < -0.39 is 16.8 Å². The lowest BCUT2D eigenvalue weighted by atomic mass is 9.97. The summed E-state index contributed by atoms with van der Waals surface area (Å²) in [6.07, 6.45) is 5.16. The first-order valence-electron chi connectivity index (χ1n) is 9.93. The first-order valence-corrected chi connectivity index (χ1v) is 9.93. The van der Waals surface area contributed by atoms with Crippen LogP contribution in [0, 0.1) is 10.8 Å². The molecular formula is C23H31N2O6+. The SMILES string of the molecule is CONc1cccc(OC(=O)C(C)(C)C)c1/[N+](O)=C1/C=CC=C(OC(=O)C(C)(C)C)C1. The normalized spacial score (nSPS) is 15.8. The van der Waals surface area contributed by atoms with Gasteiger partial charge in [0, 0.05) is 10.8 Å². The highest BCUT2D eigenvalue weighted by molar-refractivity contribution is 5.95. The quantitative estimate of drug-likeness (QED) is 0.233. The topological polar surface area (TPSA) is 97.1 Å². The number of benzene rings is 1. The van der Waals surface area contributed by atoms with Gasteiger partial charge in [0.1, 0.15) is 11.4 Å². The van der Waals surface area contributed by atoms with Gasteiger partial charge in [-0.1, -0.05) is 12.1 Å². The monoisotopic (exact) mass is 431 g/mol. The molecule has 1 aliphatic rings. The Bertz CT molecular complexity index is 946. The summed E-state index contributed by atoms with van der Waals surface area (Å²) in [6, 6.07) is 4.91. The third kappa shape index (κ3) is 6.18. The Kier molecular flexibility index (Phi) is 7.28. The minimum absolute atomic E-state index is 0.146. The number of esters is 2. The van der Waals surface area contributed by atoms with Crippen molar-refractivity contribution in [2.75, 3.05) is 12.6 Å². The second kappa shape index (κ2) is 9.34. The molecule has 0 heterocycles. The number of rotatable bonds is 5. The number of nitrogens with zero attached hydrogens (tertiary/aromatic N) is 1. The Morgan fingerprint density at radius 2 is 1.65 bits per heavy atom. The molecule has 0 saturated heterocycles. The summed E-state index contributed by atoms with van der Waals surface area (Å²) in [5.41, 5.74) is 2.26. The molecule has 8 nitrogen and oxygen atoms in total. The van der Waals surface area contributed by atoms with Gasteiger partial charge in [0.15, 0.2) is 0 Å². The highest BCUT2D eigenvalue weighted by atomic mass is 16.6. The maximum absolute atomic E-state index is 12.5. The van der Waals surface area contributed by atoms with Crippen LogP contribution >= 0.6 is 0 Å². The van der Waals surface area contributed by atoms with Gasteiger partial charge >= 0.3 is 17.6 Å². The lowest BCUT2D eigenvalue weighted by Crippen LogP contribution is -2.27. The van der Waals surface area contributed by atoms with Crippen LogP contribution in [0.2, 0.25) is 0 Å². The van der Waals surface area contributed by atoms with Gasteiger partial charge < -0.3 is 9.47 Å². The Morgan fingerprint density at radius 1 is 1.03 bits per heavy atom. The Labute approximate surface area is 182 Å². The van der Waals surface area contributed by atoms with Crippen molar-refractivity contribution in [2.24, 2.45) is 10.8 Å². The van der Waals surface area contributed by atoms with Gasteiger partial charge in [-0.25, -0.2) is 0 Å². The maximum Gasteiger partial charge on any atom is 0.325 e. The molecule has 0 amide bonds. The zero-order valence-electron chi connectivity index (χ0n) is 19.1. The molecule has 0 aliphatic heterocycles. The van der Waals surface area contributed by atoms with Crippen molar-refractivity contribution < 1.29 is 33.8 Å². The molecule has 2 N–H and O–H groups in total. The van der Waals surface area contributed by atoms with Crippen LogP contribution in [0.4, 0.5) is 11.4 Å². The predicted molar refractivity (Wildman–Crippen MR) is 116 cm³/mol. The van der Waals surface area contributed by atoms with Crippen LogP contribution < -0.4 is 10.2 Å². The minimum Gasteiger partial charge on any atom is -0.430 e. The van der Waals surface area contributed by atoms with Gasteiger partial charge in [0.05, 0.1) is 24.4 Å². The molecule has 2 rings (SSSR count). The standard InChI is InChI=1S/C23H31N2O6/c1-22(2,3)20(26)30-16-11-8-10-15(14-16)25(28)19-17(24-29-7)12-9-13-18(19)31-21(27)23(4,5)6/h8-13,24,28H,14H2,1-7H3/q+1/b25-15+. The van der Waals surface area contributed by atoms with E-state index in [9.17, 15) is 14.8 Å². The zero-order valence-corrected chi connectivity index (χ0v) is 19.1. The van der Waals surface area contributed by atoms with E-state index in [1.807, 2.05) is 0 Å². The van der Waals surface area contributed by atoms with E-state index in [-0.39, 0.29) is 23.8 Å². The van der Waals surface area contributed by atoms with E-state index in [0.29, 0.717) is 17.2 Å². The molecule has 1 aromatic carbocycles. The van der Waals surface area contributed by atoms with Crippen LogP contribution in [0.5, 0.6) is 5.75 Å². The van der Waals surface area contributed by atoms with Crippen molar-refractivity contribution in [2.45, 2.75) is 48.0 Å². The molecule has 0 fully saturated rings. The predicted octanol–water partition coefficient (Wildman–Crippen LogP) is 4.52. The molecule has 0 atom stereocenters. The summed E-state index contributed by atoms with van der Waals surface area (Å²) in [5, 5.41) is 11.1. The van der Waals surface area contributed by atoms with E-state index in [2.05, 4.69) is 5.48 Å². The molecule has 0 bridgehead atoms. The molecule has 31 heavy (non-hydrogen) atoms. The van der Waals surface area contributed by atoms with Gasteiger partial charge in [-0.3, -0.25) is 25.1 Å². The molecule has 0 spiro atoms. The molecule has 8 heteroatoms. The van der Waals surface area contributed by atoms with Gasteiger partial charge in [-0.05, 0) is 59.8 Å². The van der Waals surface area contributed by atoms with E-state index >= 15 is 0 Å². The zero-order chi connectivity index (χ0) is 23.4. The van der Waals surface area contributed by atoms with Crippen molar-refractivity contribution in [3.8, 4) is 5.75 Å². The highest BCUT2D eigenvalue weighted by Crippen LogP contribution is 2.36. The first-order chi connectivity index (χ1) is 14.3. The molecule has 168 valence electrons. The van der Waals surface area contributed by atoms with Crippen LogP contribution in [0.3, 0.4) is 0 Å². The molecule has 1 aliphatic carbocycles. The molecular weight excluding hydrogens is 400 g/mol. The number of carbonyl (C=O) groups is 2. The van der Waals surface area contributed by atoms with Crippen LogP contribution in [-0.2, 0) is 19.2 Å². The van der Waals surface area contributed by atoms with E-state index in [1.54, 1.807) is 78.0 Å². The highest BCUT2D eigenvalue weighted by Gasteiger charge is 2.32. The Hall–Kier alpha value is -3.13. The summed E-state index contributed by atoms with van der Waals surface area (Å²) in [6.45, 7) is 10.5. The number of ether oxygens (including phenoxy) is 2. The molecule has 0 radical (unpaired) electrons. The van der Waals surface area contributed by atoms with Crippen LogP contribution in [-0.4, -0.2) is 34.7 Å². The lowest BCUT2D eigenvalue weighted by molar-refractivity contribution is -0.712. The fraction of sp³-hybridized carbons (Fsp3) is 0.435. The molecule has 1 aromatic rings. The second-order valence-corrected chi connectivity index (χ2v) is 9.21. The number of para-hydroxylation sites is 1. The number of hydrogen-bond donors (Lipinski definition) is 2. The van der Waals surface area contributed by atoms with Crippen molar-refractivity contribution >= 4 is 29.0 Å². The summed E-state index contributed by atoms with van der Waals surface area (Å²) < 4.78 is 11.9.